The van der Waals surface area contributed by atoms with Gasteiger partial charge >= 0.3 is 0 Å². The summed E-state index contributed by atoms with van der Waals surface area (Å²) in [7, 11) is 3.46. The molecular weight excluding hydrogens is 274 g/mol. The van der Waals surface area contributed by atoms with Gasteiger partial charge in [-0.1, -0.05) is 23.8 Å². The maximum absolute atomic E-state index is 5.68. The molecule has 2 aromatic rings. The SMILES string of the molecule is COc1ccc2c(c1)CCNC2c1cc(C)cc(C)c1OC. The molecule has 116 valence electrons. The fourth-order valence-corrected chi connectivity index (χ4v) is 3.43. The maximum Gasteiger partial charge on any atom is 0.126 e. The number of ether oxygens (including phenoxy) is 2. The average molecular weight is 297 g/mol. The Morgan fingerprint density at radius 1 is 1.00 bits per heavy atom. The third-order valence-electron chi connectivity index (χ3n) is 4.37. The zero-order valence-corrected chi connectivity index (χ0v) is 13.7. The van der Waals surface area contributed by atoms with Crippen LogP contribution in [0.5, 0.6) is 11.5 Å². The van der Waals surface area contributed by atoms with Gasteiger partial charge in [-0.05, 0) is 49.1 Å². The topological polar surface area (TPSA) is 30.5 Å². The maximum atomic E-state index is 5.68. The number of fused-ring (bicyclic) bond motifs is 1. The summed E-state index contributed by atoms with van der Waals surface area (Å²) in [5.74, 6) is 1.90. The smallest absolute Gasteiger partial charge is 0.126 e. The van der Waals surface area contributed by atoms with Gasteiger partial charge in [0.15, 0.2) is 0 Å². The molecule has 0 radical (unpaired) electrons. The van der Waals surface area contributed by atoms with E-state index < -0.39 is 0 Å². The Balaban J connectivity index is 2.12. The summed E-state index contributed by atoms with van der Waals surface area (Å²) in [6.07, 6.45) is 1.02. The number of hydrogen-bond donors (Lipinski definition) is 1. The van der Waals surface area contributed by atoms with Crippen molar-refractivity contribution in [2.24, 2.45) is 0 Å². The molecule has 0 amide bonds. The van der Waals surface area contributed by atoms with Crippen molar-refractivity contribution in [2.45, 2.75) is 26.3 Å². The van der Waals surface area contributed by atoms with Crippen LogP contribution >= 0.6 is 0 Å². The van der Waals surface area contributed by atoms with Gasteiger partial charge in [-0.15, -0.1) is 0 Å². The van der Waals surface area contributed by atoms with E-state index in [-0.39, 0.29) is 6.04 Å². The molecule has 22 heavy (non-hydrogen) atoms. The Hall–Kier alpha value is -2.00. The van der Waals surface area contributed by atoms with Gasteiger partial charge in [-0.25, -0.2) is 0 Å². The summed E-state index contributed by atoms with van der Waals surface area (Å²) in [4.78, 5) is 0. The average Bonchev–Trinajstić information content (AvgIpc) is 2.53. The Morgan fingerprint density at radius 3 is 2.55 bits per heavy atom. The minimum Gasteiger partial charge on any atom is -0.497 e. The van der Waals surface area contributed by atoms with Gasteiger partial charge in [0.2, 0.25) is 0 Å². The lowest BCUT2D eigenvalue weighted by molar-refractivity contribution is 0.398. The van der Waals surface area contributed by atoms with Crippen molar-refractivity contribution in [1.29, 1.82) is 0 Å². The molecule has 3 heteroatoms. The third kappa shape index (κ3) is 2.57. The van der Waals surface area contributed by atoms with Crippen LogP contribution in [0.15, 0.2) is 30.3 Å². The van der Waals surface area contributed by atoms with Crippen molar-refractivity contribution >= 4 is 0 Å². The molecule has 0 saturated heterocycles. The lowest BCUT2D eigenvalue weighted by atomic mass is 9.88. The number of hydrogen-bond acceptors (Lipinski definition) is 3. The van der Waals surface area contributed by atoms with Gasteiger partial charge in [-0.2, -0.15) is 0 Å². The predicted octanol–water partition coefficient (Wildman–Crippen LogP) is 3.56. The van der Waals surface area contributed by atoms with Crippen LogP contribution in [0, 0.1) is 13.8 Å². The Labute approximate surface area is 132 Å². The zero-order chi connectivity index (χ0) is 15.7. The molecule has 1 atom stereocenters. The Bertz CT molecular complexity index is 694. The molecule has 1 aliphatic heterocycles. The standard InChI is InChI=1S/C19H23NO2/c1-12-9-13(2)19(22-4)17(10-12)18-16-6-5-15(21-3)11-14(16)7-8-20-18/h5-6,9-11,18,20H,7-8H2,1-4H3. The minimum absolute atomic E-state index is 0.170. The number of methoxy groups -OCH3 is 2. The van der Waals surface area contributed by atoms with E-state index >= 15 is 0 Å². The van der Waals surface area contributed by atoms with Crippen molar-refractivity contribution < 1.29 is 9.47 Å². The van der Waals surface area contributed by atoms with Crippen molar-refractivity contribution in [1.82, 2.24) is 5.32 Å². The van der Waals surface area contributed by atoms with Crippen LogP contribution < -0.4 is 14.8 Å². The van der Waals surface area contributed by atoms with Gasteiger partial charge in [0.1, 0.15) is 11.5 Å². The molecule has 1 unspecified atom stereocenters. The fraction of sp³-hybridized carbons (Fsp3) is 0.368. The van der Waals surface area contributed by atoms with Gasteiger partial charge < -0.3 is 14.8 Å². The second-order valence-electron chi connectivity index (χ2n) is 5.91. The van der Waals surface area contributed by atoms with Crippen LogP contribution in [-0.2, 0) is 6.42 Å². The number of nitrogens with one attached hydrogen (secondary N) is 1. The summed E-state index contributed by atoms with van der Waals surface area (Å²) in [6, 6.07) is 10.9. The molecule has 3 nitrogen and oxygen atoms in total. The van der Waals surface area contributed by atoms with Crippen molar-refractivity contribution in [3.63, 3.8) is 0 Å². The van der Waals surface area contributed by atoms with E-state index in [1.807, 2.05) is 6.07 Å². The lowest BCUT2D eigenvalue weighted by Crippen LogP contribution is -2.31. The highest BCUT2D eigenvalue weighted by Crippen LogP contribution is 2.37. The third-order valence-corrected chi connectivity index (χ3v) is 4.37. The van der Waals surface area contributed by atoms with Crippen LogP contribution in [0.3, 0.4) is 0 Å². The van der Waals surface area contributed by atoms with Crippen LogP contribution in [0.25, 0.3) is 0 Å². The first-order chi connectivity index (χ1) is 10.6. The highest BCUT2D eigenvalue weighted by molar-refractivity contribution is 5.51. The second-order valence-corrected chi connectivity index (χ2v) is 5.91. The van der Waals surface area contributed by atoms with Crippen molar-refractivity contribution in [3.8, 4) is 11.5 Å². The molecule has 3 rings (SSSR count). The van der Waals surface area contributed by atoms with E-state index in [0.29, 0.717) is 0 Å². The van der Waals surface area contributed by atoms with Crippen molar-refractivity contribution in [3.05, 3.63) is 58.1 Å². The van der Waals surface area contributed by atoms with E-state index in [4.69, 9.17) is 9.47 Å². The predicted molar refractivity (Wildman–Crippen MR) is 89.0 cm³/mol. The minimum atomic E-state index is 0.170. The molecular formula is C19H23NO2. The van der Waals surface area contributed by atoms with E-state index in [1.165, 1.54) is 27.8 Å². The normalized spacial score (nSPS) is 17.0. The summed E-state index contributed by atoms with van der Waals surface area (Å²) < 4.78 is 11.0. The number of rotatable bonds is 3. The highest BCUT2D eigenvalue weighted by Gasteiger charge is 2.25. The lowest BCUT2D eigenvalue weighted by Gasteiger charge is -2.29. The summed E-state index contributed by atoms with van der Waals surface area (Å²) in [5.41, 5.74) is 6.32. The number of aryl methyl sites for hydroxylation is 2. The molecule has 0 bridgehead atoms. The molecule has 1 aliphatic rings. The Kier molecular flexibility index (Phi) is 4.08. The second kappa shape index (κ2) is 6.01. The number of benzene rings is 2. The molecule has 2 aromatic carbocycles. The van der Waals surface area contributed by atoms with Gasteiger partial charge in [0.25, 0.3) is 0 Å². The largest absolute Gasteiger partial charge is 0.497 e. The van der Waals surface area contributed by atoms with E-state index in [0.717, 1.165) is 24.5 Å². The van der Waals surface area contributed by atoms with Crippen LogP contribution in [0.1, 0.15) is 33.9 Å². The van der Waals surface area contributed by atoms with Gasteiger partial charge in [0, 0.05) is 12.1 Å². The van der Waals surface area contributed by atoms with Gasteiger partial charge in [-0.3, -0.25) is 0 Å². The molecule has 1 heterocycles. The molecule has 0 spiro atoms. The molecule has 0 fully saturated rings. The molecule has 0 aromatic heterocycles. The van der Waals surface area contributed by atoms with Crippen LogP contribution in [0.2, 0.25) is 0 Å². The summed E-state index contributed by atoms with van der Waals surface area (Å²) in [6.45, 7) is 5.20. The summed E-state index contributed by atoms with van der Waals surface area (Å²) in [5, 5.41) is 3.64. The monoisotopic (exact) mass is 297 g/mol. The first-order valence-corrected chi connectivity index (χ1v) is 7.69. The van der Waals surface area contributed by atoms with E-state index in [1.54, 1.807) is 14.2 Å². The summed E-state index contributed by atoms with van der Waals surface area (Å²) >= 11 is 0. The molecule has 1 N–H and O–H groups in total. The molecule has 0 aliphatic carbocycles. The quantitative estimate of drug-likeness (QED) is 0.939. The fourth-order valence-electron chi connectivity index (χ4n) is 3.43. The Morgan fingerprint density at radius 2 is 1.82 bits per heavy atom. The first kappa shape index (κ1) is 14.9. The highest BCUT2D eigenvalue weighted by atomic mass is 16.5. The van der Waals surface area contributed by atoms with Crippen molar-refractivity contribution in [2.75, 3.05) is 20.8 Å². The zero-order valence-electron chi connectivity index (χ0n) is 13.7. The van der Waals surface area contributed by atoms with E-state index in [2.05, 4.69) is 43.4 Å². The molecule has 0 saturated carbocycles. The van der Waals surface area contributed by atoms with Gasteiger partial charge in [0.05, 0.1) is 20.3 Å². The van der Waals surface area contributed by atoms with Crippen LogP contribution in [0.4, 0.5) is 0 Å². The van der Waals surface area contributed by atoms with E-state index in [9.17, 15) is 0 Å². The van der Waals surface area contributed by atoms with Crippen LogP contribution in [-0.4, -0.2) is 20.8 Å². The first-order valence-electron chi connectivity index (χ1n) is 7.69.